The SMILES string of the molecule is CC(C)(C)OC(=O)NC[C@@H](N)Cc1ccc2ccccc2c1. The van der Waals surface area contributed by atoms with Gasteiger partial charge in [0.05, 0.1) is 0 Å². The van der Waals surface area contributed by atoms with Crippen LogP contribution < -0.4 is 11.1 Å². The third kappa shape index (κ3) is 5.04. The van der Waals surface area contributed by atoms with Crippen molar-refractivity contribution in [2.75, 3.05) is 6.54 Å². The van der Waals surface area contributed by atoms with Crippen LogP contribution in [0, 0.1) is 0 Å². The Balaban J connectivity index is 1.88. The summed E-state index contributed by atoms with van der Waals surface area (Å²) in [6.45, 7) is 5.90. The number of rotatable bonds is 4. The van der Waals surface area contributed by atoms with Gasteiger partial charge in [-0.2, -0.15) is 0 Å². The van der Waals surface area contributed by atoms with Gasteiger partial charge in [0, 0.05) is 12.6 Å². The molecule has 4 nitrogen and oxygen atoms in total. The summed E-state index contributed by atoms with van der Waals surface area (Å²) in [5, 5.41) is 5.13. The second kappa shape index (κ2) is 6.79. The van der Waals surface area contributed by atoms with Gasteiger partial charge in [0.1, 0.15) is 5.60 Å². The van der Waals surface area contributed by atoms with E-state index in [0.717, 1.165) is 5.56 Å². The normalized spacial score (nSPS) is 12.9. The topological polar surface area (TPSA) is 64.3 Å². The highest BCUT2D eigenvalue weighted by Gasteiger charge is 2.16. The standard InChI is InChI=1S/C18H24N2O2/c1-18(2,3)22-17(21)20-12-16(19)11-13-8-9-14-6-4-5-7-15(14)10-13/h4-10,16H,11-12,19H2,1-3H3,(H,20,21)/t16-/m0/s1. The van der Waals surface area contributed by atoms with E-state index in [9.17, 15) is 4.79 Å². The highest BCUT2D eigenvalue weighted by Crippen LogP contribution is 2.16. The number of alkyl carbamates (subject to hydrolysis) is 1. The molecule has 1 amide bonds. The lowest BCUT2D eigenvalue weighted by Crippen LogP contribution is -2.41. The maximum absolute atomic E-state index is 11.6. The van der Waals surface area contributed by atoms with E-state index in [-0.39, 0.29) is 6.04 Å². The molecule has 0 radical (unpaired) electrons. The molecular weight excluding hydrogens is 276 g/mol. The van der Waals surface area contributed by atoms with Crippen molar-refractivity contribution in [3.05, 3.63) is 48.0 Å². The first-order valence-electron chi connectivity index (χ1n) is 7.53. The maximum atomic E-state index is 11.6. The number of nitrogens with two attached hydrogens (primary N) is 1. The molecular formula is C18H24N2O2. The summed E-state index contributed by atoms with van der Waals surface area (Å²) in [4.78, 5) is 11.6. The Kier molecular flexibility index (Phi) is 5.03. The van der Waals surface area contributed by atoms with Crippen molar-refractivity contribution in [3.63, 3.8) is 0 Å². The molecule has 2 aromatic carbocycles. The molecule has 0 aliphatic heterocycles. The average Bonchev–Trinajstić information content (AvgIpc) is 2.43. The molecule has 0 saturated carbocycles. The lowest BCUT2D eigenvalue weighted by Gasteiger charge is -2.20. The minimum absolute atomic E-state index is 0.145. The molecule has 0 bridgehead atoms. The predicted molar refractivity (Wildman–Crippen MR) is 89.9 cm³/mol. The maximum Gasteiger partial charge on any atom is 0.407 e. The minimum atomic E-state index is -0.494. The van der Waals surface area contributed by atoms with Crippen LogP contribution in [-0.2, 0) is 11.2 Å². The van der Waals surface area contributed by atoms with E-state index >= 15 is 0 Å². The molecule has 0 spiro atoms. The fourth-order valence-electron chi connectivity index (χ4n) is 2.27. The Morgan fingerprint density at radius 2 is 1.86 bits per heavy atom. The van der Waals surface area contributed by atoms with Gasteiger partial charge < -0.3 is 15.8 Å². The monoisotopic (exact) mass is 300 g/mol. The van der Waals surface area contributed by atoms with Crippen molar-refractivity contribution in [3.8, 4) is 0 Å². The van der Waals surface area contributed by atoms with Gasteiger partial charge in [0.15, 0.2) is 0 Å². The first kappa shape index (κ1) is 16.3. The zero-order chi connectivity index (χ0) is 16.2. The summed E-state index contributed by atoms with van der Waals surface area (Å²) < 4.78 is 5.19. The lowest BCUT2D eigenvalue weighted by atomic mass is 10.0. The third-order valence-corrected chi connectivity index (χ3v) is 3.22. The summed E-state index contributed by atoms with van der Waals surface area (Å²) in [6, 6.07) is 14.4. The molecule has 1 atom stereocenters. The number of benzene rings is 2. The molecule has 0 aromatic heterocycles. The minimum Gasteiger partial charge on any atom is -0.444 e. The quantitative estimate of drug-likeness (QED) is 0.911. The Bertz CT molecular complexity index is 647. The van der Waals surface area contributed by atoms with E-state index in [2.05, 4.69) is 35.6 Å². The molecule has 0 saturated heterocycles. The first-order valence-corrected chi connectivity index (χ1v) is 7.53. The van der Waals surface area contributed by atoms with Crippen LogP contribution >= 0.6 is 0 Å². The number of carbonyl (C=O) groups excluding carboxylic acids is 1. The molecule has 0 fully saturated rings. The average molecular weight is 300 g/mol. The molecule has 22 heavy (non-hydrogen) atoms. The molecule has 0 aliphatic rings. The summed E-state index contributed by atoms with van der Waals surface area (Å²) in [7, 11) is 0. The lowest BCUT2D eigenvalue weighted by molar-refractivity contribution is 0.0524. The molecule has 0 unspecified atom stereocenters. The van der Waals surface area contributed by atoms with Gasteiger partial charge in [0.2, 0.25) is 0 Å². The van der Waals surface area contributed by atoms with Crippen molar-refractivity contribution in [1.82, 2.24) is 5.32 Å². The highest BCUT2D eigenvalue weighted by atomic mass is 16.6. The van der Waals surface area contributed by atoms with Gasteiger partial charge in [-0.3, -0.25) is 0 Å². The number of hydrogen-bond acceptors (Lipinski definition) is 3. The summed E-state index contributed by atoms with van der Waals surface area (Å²) in [5.41, 5.74) is 6.76. The van der Waals surface area contributed by atoms with Crippen LogP contribution in [0.25, 0.3) is 10.8 Å². The summed E-state index contributed by atoms with van der Waals surface area (Å²) >= 11 is 0. The van der Waals surface area contributed by atoms with Crippen LogP contribution in [-0.4, -0.2) is 24.3 Å². The van der Waals surface area contributed by atoms with Crippen LogP contribution in [0.5, 0.6) is 0 Å². The molecule has 3 N–H and O–H groups in total. The Morgan fingerprint density at radius 3 is 2.55 bits per heavy atom. The second-order valence-corrected chi connectivity index (χ2v) is 6.53. The van der Waals surface area contributed by atoms with E-state index in [4.69, 9.17) is 10.5 Å². The smallest absolute Gasteiger partial charge is 0.407 e. The van der Waals surface area contributed by atoms with E-state index in [1.165, 1.54) is 10.8 Å². The molecule has 4 heteroatoms. The highest BCUT2D eigenvalue weighted by molar-refractivity contribution is 5.83. The van der Waals surface area contributed by atoms with Crippen molar-refractivity contribution in [2.24, 2.45) is 5.73 Å². The van der Waals surface area contributed by atoms with Gasteiger partial charge in [-0.05, 0) is 43.5 Å². The molecule has 0 heterocycles. The van der Waals surface area contributed by atoms with Crippen molar-refractivity contribution in [2.45, 2.75) is 38.8 Å². The largest absolute Gasteiger partial charge is 0.444 e. The van der Waals surface area contributed by atoms with Gasteiger partial charge >= 0.3 is 6.09 Å². The zero-order valence-corrected chi connectivity index (χ0v) is 13.4. The van der Waals surface area contributed by atoms with Crippen LogP contribution in [0.4, 0.5) is 4.79 Å². The van der Waals surface area contributed by atoms with Crippen molar-refractivity contribution >= 4 is 16.9 Å². The van der Waals surface area contributed by atoms with Gasteiger partial charge in [-0.1, -0.05) is 42.5 Å². The predicted octanol–water partition coefficient (Wildman–Crippen LogP) is 3.23. The number of carbonyl (C=O) groups is 1. The van der Waals surface area contributed by atoms with Crippen molar-refractivity contribution in [1.29, 1.82) is 0 Å². The molecule has 0 aliphatic carbocycles. The summed E-state index contributed by atoms with van der Waals surface area (Å²) in [5.74, 6) is 0. The Labute approximate surface area is 131 Å². The molecule has 2 rings (SSSR count). The first-order chi connectivity index (χ1) is 10.3. The second-order valence-electron chi connectivity index (χ2n) is 6.53. The molecule has 2 aromatic rings. The Morgan fingerprint density at radius 1 is 1.18 bits per heavy atom. The van der Waals surface area contributed by atoms with E-state index in [0.29, 0.717) is 13.0 Å². The van der Waals surface area contributed by atoms with Crippen LogP contribution in [0.2, 0.25) is 0 Å². The fraction of sp³-hybridized carbons (Fsp3) is 0.389. The number of amides is 1. The fourth-order valence-corrected chi connectivity index (χ4v) is 2.27. The van der Waals surface area contributed by atoms with Crippen LogP contribution in [0.3, 0.4) is 0 Å². The van der Waals surface area contributed by atoms with E-state index in [1.807, 2.05) is 32.9 Å². The zero-order valence-electron chi connectivity index (χ0n) is 13.4. The summed E-state index contributed by atoms with van der Waals surface area (Å²) in [6.07, 6.45) is 0.280. The van der Waals surface area contributed by atoms with Crippen LogP contribution in [0.15, 0.2) is 42.5 Å². The number of ether oxygens (including phenoxy) is 1. The number of fused-ring (bicyclic) bond motifs is 1. The number of nitrogens with one attached hydrogen (secondary N) is 1. The molecule has 118 valence electrons. The van der Waals surface area contributed by atoms with E-state index in [1.54, 1.807) is 0 Å². The number of hydrogen-bond donors (Lipinski definition) is 2. The van der Waals surface area contributed by atoms with Gasteiger partial charge in [0.25, 0.3) is 0 Å². The van der Waals surface area contributed by atoms with E-state index < -0.39 is 11.7 Å². The Hall–Kier alpha value is -2.07. The third-order valence-electron chi connectivity index (χ3n) is 3.22. The van der Waals surface area contributed by atoms with Crippen molar-refractivity contribution < 1.29 is 9.53 Å². The van der Waals surface area contributed by atoms with Gasteiger partial charge in [-0.15, -0.1) is 0 Å². The van der Waals surface area contributed by atoms with Gasteiger partial charge in [-0.25, -0.2) is 4.79 Å². The van der Waals surface area contributed by atoms with Crippen LogP contribution in [0.1, 0.15) is 26.3 Å².